The van der Waals surface area contributed by atoms with Crippen LogP contribution in [0.3, 0.4) is 0 Å². The molecule has 5 aliphatic carbocycles. The van der Waals surface area contributed by atoms with Crippen molar-refractivity contribution in [1.82, 2.24) is 0 Å². The van der Waals surface area contributed by atoms with Gasteiger partial charge in [-0.15, -0.1) is 0 Å². The molecule has 6 aliphatic rings. The van der Waals surface area contributed by atoms with Crippen LogP contribution in [0.15, 0.2) is 303 Å². The first-order chi connectivity index (χ1) is 41.2. The van der Waals surface area contributed by atoms with Crippen LogP contribution in [0.2, 0.25) is 0 Å². The van der Waals surface area contributed by atoms with Crippen molar-refractivity contribution in [2.24, 2.45) is 0 Å². The number of benzene rings is 13. The van der Waals surface area contributed by atoms with Crippen LogP contribution in [0.1, 0.15) is 66.8 Å². The third-order valence-electron chi connectivity index (χ3n) is 19.9. The first kappa shape index (κ1) is 45.2. The van der Waals surface area contributed by atoms with Crippen LogP contribution in [0, 0.1) is 0 Å². The molecule has 3 spiro atoms. The Kier molecular flexibility index (Phi) is 8.89. The lowest BCUT2D eigenvalue weighted by Gasteiger charge is -2.45. The van der Waals surface area contributed by atoms with Gasteiger partial charge in [0.2, 0.25) is 0 Å². The van der Waals surface area contributed by atoms with Gasteiger partial charge in [-0.1, -0.05) is 249 Å². The lowest BCUT2D eigenvalue weighted by molar-refractivity contribution is 0.752. The van der Waals surface area contributed by atoms with Crippen LogP contribution in [0.25, 0.3) is 55.6 Å². The van der Waals surface area contributed by atoms with Crippen molar-refractivity contribution in [1.29, 1.82) is 0 Å². The Labute approximate surface area is 483 Å². The van der Waals surface area contributed by atoms with Crippen LogP contribution >= 0.6 is 0 Å². The van der Waals surface area contributed by atoms with Crippen molar-refractivity contribution in [3.8, 4) is 55.6 Å². The molecule has 2 heteroatoms. The highest BCUT2D eigenvalue weighted by atomic mass is 15.2. The van der Waals surface area contributed by atoms with Crippen LogP contribution in [0.4, 0.5) is 34.1 Å². The molecule has 13 aromatic carbocycles. The Balaban J connectivity index is 0.924. The van der Waals surface area contributed by atoms with Gasteiger partial charge in [0.25, 0.3) is 0 Å². The van der Waals surface area contributed by atoms with Gasteiger partial charge in [0.1, 0.15) is 0 Å². The van der Waals surface area contributed by atoms with Crippen molar-refractivity contribution in [2.45, 2.75) is 16.2 Å². The molecule has 0 bridgehead atoms. The van der Waals surface area contributed by atoms with E-state index >= 15 is 0 Å². The quantitative estimate of drug-likeness (QED) is 0.173. The number of fused-ring (bicyclic) bond motifs is 29. The minimum atomic E-state index is -0.653. The highest BCUT2D eigenvalue weighted by molar-refractivity contribution is 6.04. The monoisotopic (exact) mass is 1050 g/mol. The number of rotatable bonds is 4. The van der Waals surface area contributed by atoms with E-state index in [-0.39, 0.29) is 0 Å². The summed E-state index contributed by atoms with van der Waals surface area (Å²) < 4.78 is 0. The molecule has 19 rings (SSSR count). The summed E-state index contributed by atoms with van der Waals surface area (Å²) in [5, 5.41) is 0. The van der Waals surface area contributed by atoms with Crippen LogP contribution in [-0.4, -0.2) is 0 Å². The molecule has 384 valence electrons. The van der Waals surface area contributed by atoms with E-state index in [0.717, 1.165) is 22.7 Å². The molecule has 13 aromatic rings. The van der Waals surface area contributed by atoms with E-state index in [4.69, 9.17) is 0 Å². The first-order valence-corrected chi connectivity index (χ1v) is 29.2. The summed E-state index contributed by atoms with van der Waals surface area (Å²) in [5.41, 5.74) is 33.7. The fourth-order valence-corrected chi connectivity index (χ4v) is 17.0. The van der Waals surface area contributed by atoms with Crippen molar-refractivity contribution in [2.75, 3.05) is 9.80 Å². The van der Waals surface area contributed by atoms with Gasteiger partial charge in [0, 0.05) is 22.6 Å². The largest absolute Gasteiger partial charge is 0.310 e. The van der Waals surface area contributed by atoms with Crippen molar-refractivity contribution in [3.63, 3.8) is 0 Å². The molecule has 0 amide bonds. The maximum atomic E-state index is 2.64. The molecule has 83 heavy (non-hydrogen) atoms. The minimum absolute atomic E-state index is 0.522. The Morgan fingerprint density at radius 3 is 0.940 bits per heavy atom. The van der Waals surface area contributed by atoms with Crippen LogP contribution < -0.4 is 9.80 Å². The van der Waals surface area contributed by atoms with Gasteiger partial charge in [-0.2, -0.15) is 0 Å². The van der Waals surface area contributed by atoms with E-state index in [1.54, 1.807) is 0 Å². The third kappa shape index (κ3) is 5.41. The van der Waals surface area contributed by atoms with E-state index in [0.29, 0.717) is 0 Å². The second-order valence-corrected chi connectivity index (χ2v) is 23.3. The lowest BCUT2D eigenvalue weighted by Crippen LogP contribution is -2.36. The molecule has 1 aliphatic heterocycles. The number of hydrogen-bond donors (Lipinski definition) is 0. The Morgan fingerprint density at radius 2 is 0.518 bits per heavy atom. The van der Waals surface area contributed by atoms with E-state index in [1.165, 1.54) is 134 Å². The van der Waals surface area contributed by atoms with Gasteiger partial charge in [0.05, 0.1) is 33.3 Å². The standard InChI is InChI=1S/C81H50N2/c1-2-23-51(24-3-1)83-75-42-20-18-39-70(75)81(71-40-19-21-43-76(71)83)68-37-16-9-30-59(68)61-48-46-53(50-74(61)81)82(52-45-47-60-58-29-8-15-36-67(58)80(73(60)49-52)65-34-13-6-27-56(65)57-28-7-14-35-66(57)80)77-44-22-41-72-78(77)62-31-10-17-38-69(62)79(72)63-32-11-4-25-54(63)55-26-5-12-33-64(55)79/h1-50H. The molecular formula is C81H50N2. The zero-order valence-electron chi connectivity index (χ0n) is 45.3. The number of anilines is 6. The van der Waals surface area contributed by atoms with Gasteiger partial charge >= 0.3 is 0 Å². The van der Waals surface area contributed by atoms with E-state index in [1.807, 2.05) is 0 Å². The molecule has 1 heterocycles. The zero-order chi connectivity index (χ0) is 54.2. The summed E-state index contributed by atoms with van der Waals surface area (Å²) in [6, 6.07) is 116. The average Bonchev–Trinajstić information content (AvgIpc) is 1.66. The van der Waals surface area contributed by atoms with Crippen LogP contribution in [0.5, 0.6) is 0 Å². The smallest absolute Gasteiger partial charge is 0.0755 e. The lowest BCUT2D eigenvalue weighted by atomic mass is 9.64. The van der Waals surface area contributed by atoms with Crippen LogP contribution in [-0.2, 0) is 16.2 Å². The van der Waals surface area contributed by atoms with Gasteiger partial charge in [0.15, 0.2) is 0 Å². The van der Waals surface area contributed by atoms with Crippen molar-refractivity contribution >= 4 is 34.1 Å². The minimum Gasteiger partial charge on any atom is -0.310 e. The molecule has 0 N–H and O–H groups in total. The molecule has 0 radical (unpaired) electrons. The summed E-state index contributed by atoms with van der Waals surface area (Å²) in [5.74, 6) is 0. The topological polar surface area (TPSA) is 6.48 Å². The normalized spacial score (nSPS) is 15.0. The van der Waals surface area contributed by atoms with Crippen molar-refractivity contribution < 1.29 is 0 Å². The maximum Gasteiger partial charge on any atom is 0.0755 e. The van der Waals surface area contributed by atoms with E-state index < -0.39 is 16.2 Å². The van der Waals surface area contributed by atoms with Gasteiger partial charge in [-0.25, -0.2) is 0 Å². The maximum absolute atomic E-state index is 2.64. The summed E-state index contributed by atoms with van der Waals surface area (Å²) in [6.45, 7) is 0. The molecule has 0 saturated heterocycles. The summed E-state index contributed by atoms with van der Waals surface area (Å²) in [6.07, 6.45) is 0. The Hall–Kier alpha value is -10.5. The highest BCUT2D eigenvalue weighted by Gasteiger charge is 2.56. The third-order valence-corrected chi connectivity index (χ3v) is 19.9. The SMILES string of the molecule is c1ccc(N2c3ccccc3C3(c4ccccc4-c4ccc(N(c5ccc6c(c5)C5(c7ccccc7-c7ccccc75)c5ccccc5-6)c5cccc6c5-c5ccccc5C65c6ccccc6-c6ccccc65)cc43)c3ccccc32)cc1. The summed E-state index contributed by atoms with van der Waals surface area (Å²) in [4.78, 5) is 5.11. The van der Waals surface area contributed by atoms with E-state index in [9.17, 15) is 0 Å². The fourth-order valence-electron chi connectivity index (χ4n) is 17.0. The van der Waals surface area contributed by atoms with E-state index in [2.05, 4.69) is 313 Å². The second-order valence-electron chi connectivity index (χ2n) is 23.3. The molecule has 0 saturated carbocycles. The summed E-state index contributed by atoms with van der Waals surface area (Å²) in [7, 11) is 0. The number of para-hydroxylation sites is 3. The average molecular weight is 1050 g/mol. The summed E-state index contributed by atoms with van der Waals surface area (Å²) >= 11 is 0. The molecule has 0 fully saturated rings. The fraction of sp³-hybridized carbons (Fsp3) is 0.0370. The van der Waals surface area contributed by atoms with Gasteiger partial charge in [-0.05, 0) is 171 Å². The number of hydrogen-bond acceptors (Lipinski definition) is 2. The second kappa shape index (κ2) is 16.3. The predicted octanol–water partition coefficient (Wildman–Crippen LogP) is 20.0. The molecular weight excluding hydrogens is 1000 g/mol. The number of nitrogens with zero attached hydrogens (tertiary/aromatic N) is 2. The highest BCUT2D eigenvalue weighted by Crippen LogP contribution is 2.68. The Morgan fingerprint density at radius 1 is 0.217 bits per heavy atom. The molecule has 2 nitrogen and oxygen atoms in total. The van der Waals surface area contributed by atoms with Gasteiger partial charge < -0.3 is 9.80 Å². The first-order valence-electron chi connectivity index (χ1n) is 29.2. The zero-order valence-corrected chi connectivity index (χ0v) is 45.3. The molecule has 0 aromatic heterocycles. The van der Waals surface area contributed by atoms with Crippen molar-refractivity contribution in [3.05, 3.63) is 370 Å². The molecule has 0 unspecified atom stereocenters. The predicted molar refractivity (Wildman–Crippen MR) is 339 cm³/mol. The van der Waals surface area contributed by atoms with Gasteiger partial charge in [-0.3, -0.25) is 0 Å². The molecule has 0 atom stereocenters. The Bertz CT molecular complexity index is 4810.